The maximum atomic E-state index is 5.37. The molecule has 1 saturated heterocycles. The molecule has 2 heterocycles. The first-order chi connectivity index (χ1) is 7.83. The smallest absolute Gasteiger partial charge is 0.239 e. The van der Waals surface area contributed by atoms with E-state index in [1.54, 1.807) is 13.3 Å². The van der Waals surface area contributed by atoms with Crippen LogP contribution < -0.4 is 16.2 Å². The predicted molar refractivity (Wildman–Crippen MR) is 62.1 cm³/mol. The van der Waals surface area contributed by atoms with Gasteiger partial charge in [0.2, 0.25) is 5.95 Å². The number of hydrogen-bond acceptors (Lipinski definition) is 6. The first-order valence-electron chi connectivity index (χ1n) is 5.41. The van der Waals surface area contributed by atoms with Crippen molar-refractivity contribution in [3.05, 3.63) is 12.3 Å². The zero-order valence-corrected chi connectivity index (χ0v) is 9.39. The number of nitrogen functional groups attached to an aromatic ring is 1. The van der Waals surface area contributed by atoms with Gasteiger partial charge >= 0.3 is 0 Å². The molecule has 0 spiro atoms. The Kier molecular flexibility index (Phi) is 3.53. The summed E-state index contributed by atoms with van der Waals surface area (Å²) in [6.45, 7) is 1.87. The second-order valence-corrected chi connectivity index (χ2v) is 3.83. The molecule has 1 aromatic rings. The normalized spacial score (nSPS) is 20.9. The SMILES string of the molecule is COC1CCCN(c2ccnc(NN)n2)C1. The fourth-order valence-corrected chi connectivity index (χ4v) is 1.93. The highest BCUT2D eigenvalue weighted by Crippen LogP contribution is 2.19. The van der Waals surface area contributed by atoms with Crippen molar-refractivity contribution in [2.75, 3.05) is 30.5 Å². The molecule has 0 aromatic carbocycles. The Hall–Kier alpha value is -1.40. The number of hydrogen-bond donors (Lipinski definition) is 2. The zero-order valence-electron chi connectivity index (χ0n) is 9.39. The van der Waals surface area contributed by atoms with Gasteiger partial charge in [-0.05, 0) is 18.9 Å². The predicted octanol–water partition coefficient (Wildman–Crippen LogP) is 0.377. The van der Waals surface area contributed by atoms with Crippen LogP contribution in [0.1, 0.15) is 12.8 Å². The molecule has 16 heavy (non-hydrogen) atoms. The molecule has 0 bridgehead atoms. The average Bonchev–Trinajstić information content (AvgIpc) is 2.39. The molecule has 0 amide bonds. The molecule has 0 radical (unpaired) electrons. The zero-order chi connectivity index (χ0) is 11.4. The number of ether oxygens (including phenoxy) is 1. The van der Waals surface area contributed by atoms with Crippen molar-refractivity contribution in [3.63, 3.8) is 0 Å². The minimum atomic E-state index is 0.290. The van der Waals surface area contributed by atoms with Crippen LogP contribution in [-0.2, 0) is 4.74 Å². The van der Waals surface area contributed by atoms with E-state index < -0.39 is 0 Å². The highest BCUT2D eigenvalue weighted by atomic mass is 16.5. The van der Waals surface area contributed by atoms with Gasteiger partial charge in [0.25, 0.3) is 0 Å². The summed E-state index contributed by atoms with van der Waals surface area (Å²) in [5.41, 5.74) is 2.45. The summed E-state index contributed by atoms with van der Waals surface area (Å²) < 4.78 is 5.37. The highest BCUT2D eigenvalue weighted by Gasteiger charge is 2.20. The lowest BCUT2D eigenvalue weighted by atomic mass is 10.1. The van der Waals surface area contributed by atoms with Gasteiger partial charge in [0.1, 0.15) is 5.82 Å². The number of rotatable bonds is 3. The Bertz CT molecular complexity index is 346. The van der Waals surface area contributed by atoms with Gasteiger partial charge in [-0.1, -0.05) is 0 Å². The maximum Gasteiger partial charge on any atom is 0.239 e. The van der Waals surface area contributed by atoms with Gasteiger partial charge in [0, 0.05) is 26.4 Å². The van der Waals surface area contributed by atoms with Gasteiger partial charge in [-0.15, -0.1) is 0 Å². The molecule has 6 heteroatoms. The fraction of sp³-hybridized carbons (Fsp3) is 0.600. The third-order valence-corrected chi connectivity index (χ3v) is 2.81. The van der Waals surface area contributed by atoms with Crippen LogP contribution in [0.25, 0.3) is 0 Å². The molecular formula is C10H17N5O. The van der Waals surface area contributed by atoms with Crippen molar-refractivity contribution in [3.8, 4) is 0 Å². The van der Waals surface area contributed by atoms with Crippen molar-refractivity contribution in [2.24, 2.45) is 5.84 Å². The molecule has 88 valence electrons. The molecular weight excluding hydrogens is 206 g/mol. The maximum absolute atomic E-state index is 5.37. The summed E-state index contributed by atoms with van der Waals surface area (Å²) >= 11 is 0. The third-order valence-electron chi connectivity index (χ3n) is 2.81. The number of methoxy groups -OCH3 is 1. The van der Waals surface area contributed by atoms with Crippen molar-refractivity contribution in [2.45, 2.75) is 18.9 Å². The van der Waals surface area contributed by atoms with Crippen LogP contribution in [0, 0.1) is 0 Å². The molecule has 2 rings (SSSR count). The standard InChI is InChI=1S/C10H17N5O/c1-16-8-3-2-6-15(7-8)9-4-5-12-10(13-9)14-11/h4-5,8H,2-3,6-7,11H2,1H3,(H,12,13,14). The first kappa shape index (κ1) is 11.1. The quantitative estimate of drug-likeness (QED) is 0.570. The number of piperidine rings is 1. The Balaban J connectivity index is 2.10. The molecule has 1 atom stereocenters. The molecule has 1 fully saturated rings. The molecule has 0 saturated carbocycles. The van der Waals surface area contributed by atoms with Crippen molar-refractivity contribution < 1.29 is 4.74 Å². The Morgan fingerprint density at radius 1 is 1.62 bits per heavy atom. The van der Waals surface area contributed by atoms with Gasteiger partial charge in [-0.3, -0.25) is 5.43 Å². The van der Waals surface area contributed by atoms with Crippen LogP contribution >= 0.6 is 0 Å². The van der Waals surface area contributed by atoms with E-state index in [4.69, 9.17) is 10.6 Å². The van der Waals surface area contributed by atoms with Gasteiger partial charge in [-0.25, -0.2) is 10.8 Å². The highest BCUT2D eigenvalue weighted by molar-refractivity contribution is 5.42. The summed E-state index contributed by atoms with van der Waals surface area (Å²) in [6, 6.07) is 1.89. The average molecular weight is 223 g/mol. The van der Waals surface area contributed by atoms with E-state index in [2.05, 4.69) is 20.3 Å². The lowest BCUT2D eigenvalue weighted by molar-refractivity contribution is 0.0891. The van der Waals surface area contributed by atoms with Gasteiger partial charge in [0.05, 0.1) is 6.10 Å². The summed E-state index contributed by atoms with van der Waals surface area (Å²) in [6.07, 6.45) is 4.22. The van der Waals surface area contributed by atoms with Gasteiger partial charge in [-0.2, -0.15) is 4.98 Å². The van der Waals surface area contributed by atoms with Gasteiger partial charge in [0.15, 0.2) is 0 Å². The number of aromatic nitrogens is 2. The molecule has 0 aliphatic carbocycles. The Labute approximate surface area is 94.8 Å². The molecule has 1 aromatic heterocycles. The summed E-state index contributed by atoms with van der Waals surface area (Å²) in [4.78, 5) is 10.5. The van der Waals surface area contributed by atoms with E-state index in [-0.39, 0.29) is 6.10 Å². The number of nitrogens with two attached hydrogens (primary N) is 1. The lowest BCUT2D eigenvalue weighted by Gasteiger charge is -2.32. The summed E-state index contributed by atoms with van der Waals surface area (Å²) in [5, 5.41) is 0. The van der Waals surface area contributed by atoms with E-state index in [0.717, 1.165) is 31.7 Å². The van der Waals surface area contributed by atoms with E-state index >= 15 is 0 Å². The minimum Gasteiger partial charge on any atom is -0.380 e. The Morgan fingerprint density at radius 3 is 3.25 bits per heavy atom. The third kappa shape index (κ3) is 2.40. The fourth-order valence-electron chi connectivity index (χ4n) is 1.93. The summed E-state index contributed by atoms with van der Waals surface area (Å²) in [7, 11) is 1.75. The number of anilines is 2. The minimum absolute atomic E-state index is 0.290. The van der Waals surface area contributed by atoms with Crippen LogP contribution in [0.4, 0.5) is 11.8 Å². The second-order valence-electron chi connectivity index (χ2n) is 3.83. The van der Waals surface area contributed by atoms with E-state index in [1.807, 2.05) is 6.07 Å². The molecule has 1 unspecified atom stereocenters. The number of nitrogens with zero attached hydrogens (tertiary/aromatic N) is 3. The van der Waals surface area contributed by atoms with Crippen LogP contribution in [0.2, 0.25) is 0 Å². The van der Waals surface area contributed by atoms with Crippen LogP contribution in [-0.4, -0.2) is 36.3 Å². The second kappa shape index (κ2) is 5.09. The first-order valence-corrected chi connectivity index (χ1v) is 5.41. The molecule has 6 nitrogen and oxygen atoms in total. The number of hydrazine groups is 1. The molecule has 1 aliphatic heterocycles. The Morgan fingerprint density at radius 2 is 2.50 bits per heavy atom. The van der Waals surface area contributed by atoms with Crippen molar-refractivity contribution in [1.29, 1.82) is 0 Å². The number of nitrogens with one attached hydrogen (secondary N) is 1. The van der Waals surface area contributed by atoms with E-state index in [9.17, 15) is 0 Å². The molecule has 1 aliphatic rings. The monoisotopic (exact) mass is 223 g/mol. The van der Waals surface area contributed by atoms with Crippen LogP contribution in [0.5, 0.6) is 0 Å². The van der Waals surface area contributed by atoms with Crippen LogP contribution in [0.15, 0.2) is 12.3 Å². The topological polar surface area (TPSA) is 76.3 Å². The lowest BCUT2D eigenvalue weighted by Crippen LogP contribution is -2.39. The van der Waals surface area contributed by atoms with E-state index in [0.29, 0.717) is 5.95 Å². The van der Waals surface area contributed by atoms with E-state index in [1.165, 1.54) is 0 Å². The van der Waals surface area contributed by atoms with Gasteiger partial charge < -0.3 is 9.64 Å². The summed E-state index contributed by atoms with van der Waals surface area (Å²) in [5.74, 6) is 6.62. The van der Waals surface area contributed by atoms with Crippen molar-refractivity contribution in [1.82, 2.24) is 9.97 Å². The van der Waals surface area contributed by atoms with Crippen molar-refractivity contribution >= 4 is 11.8 Å². The molecule has 3 N–H and O–H groups in total. The van der Waals surface area contributed by atoms with Crippen LogP contribution in [0.3, 0.4) is 0 Å². The largest absolute Gasteiger partial charge is 0.380 e.